The minimum Gasteiger partial charge on any atom is -0.489 e. The molecule has 0 unspecified atom stereocenters. The Kier molecular flexibility index (Phi) is 7.72. The van der Waals surface area contributed by atoms with Gasteiger partial charge in [-0.3, -0.25) is 9.59 Å². The fraction of sp³-hybridized carbons (Fsp3) is 0.531. The molecule has 2 saturated carbocycles. The Hall–Kier alpha value is -3.83. The fourth-order valence-corrected chi connectivity index (χ4v) is 6.61. The minimum absolute atomic E-state index is 0.0175. The topological polar surface area (TPSA) is 135 Å². The van der Waals surface area contributed by atoms with E-state index in [-0.39, 0.29) is 36.5 Å². The number of hydrogen-bond donors (Lipinski definition) is 3. The van der Waals surface area contributed by atoms with Crippen LogP contribution in [0.15, 0.2) is 42.7 Å². The number of nitrogens with one attached hydrogen (secondary N) is 1. The second-order valence-corrected chi connectivity index (χ2v) is 13.3. The van der Waals surface area contributed by atoms with Gasteiger partial charge in [0.2, 0.25) is 5.91 Å². The molecule has 1 aromatic carbocycles. The first-order valence-corrected chi connectivity index (χ1v) is 15.1. The summed E-state index contributed by atoms with van der Waals surface area (Å²) in [6.07, 6.45) is 7.42. The molecule has 0 bridgehead atoms. The number of carbonyl (C=O) groups is 2. The highest BCUT2D eigenvalue weighted by Crippen LogP contribution is 2.57. The van der Waals surface area contributed by atoms with E-state index < -0.39 is 11.5 Å². The smallest absolute Gasteiger partial charge is 0.252 e. The Morgan fingerprint density at radius 1 is 1.12 bits per heavy atom. The Balaban J connectivity index is 0.984. The number of ether oxygens (including phenoxy) is 2. The molecule has 0 radical (unpaired) electrons. The molecule has 2 amide bonds. The summed E-state index contributed by atoms with van der Waals surface area (Å²) < 4.78 is 13.7. The van der Waals surface area contributed by atoms with Crippen LogP contribution >= 0.6 is 0 Å². The monoisotopic (exact) mass is 590 g/mol. The van der Waals surface area contributed by atoms with E-state index in [1.165, 1.54) is 0 Å². The van der Waals surface area contributed by atoms with E-state index in [9.17, 15) is 14.7 Å². The van der Waals surface area contributed by atoms with Gasteiger partial charge in [-0.1, -0.05) is 0 Å². The summed E-state index contributed by atoms with van der Waals surface area (Å²) in [5, 5.41) is 17.4. The van der Waals surface area contributed by atoms with Crippen LogP contribution in [0.3, 0.4) is 0 Å². The lowest BCUT2D eigenvalue weighted by atomic mass is 9.53. The van der Waals surface area contributed by atoms with Crippen LogP contribution in [0.2, 0.25) is 0 Å². The molecule has 1 spiro atoms. The molecule has 2 aromatic heterocycles. The molecule has 11 nitrogen and oxygen atoms in total. The summed E-state index contributed by atoms with van der Waals surface area (Å²) in [5.41, 5.74) is 8.10. The number of nitrogens with zero attached hydrogens (tertiary/aromatic N) is 4. The molecule has 3 fully saturated rings. The van der Waals surface area contributed by atoms with Gasteiger partial charge in [0, 0.05) is 49.5 Å². The molecular weight excluding hydrogens is 548 g/mol. The van der Waals surface area contributed by atoms with E-state index in [2.05, 4.69) is 27.3 Å². The number of amides is 2. The van der Waals surface area contributed by atoms with Crippen LogP contribution in [-0.4, -0.2) is 89.0 Å². The molecule has 2 aliphatic carbocycles. The summed E-state index contributed by atoms with van der Waals surface area (Å²) in [7, 11) is 2.13. The van der Waals surface area contributed by atoms with Gasteiger partial charge in [0.1, 0.15) is 18.1 Å². The van der Waals surface area contributed by atoms with Crippen molar-refractivity contribution in [1.29, 1.82) is 0 Å². The van der Waals surface area contributed by atoms with Crippen molar-refractivity contribution >= 4 is 23.0 Å². The fourth-order valence-electron chi connectivity index (χ4n) is 6.61. The molecule has 4 N–H and O–H groups in total. The molecule has 1 saturated heterocycles. The number of rotatable bonds is 10. The van der Waals surface area contributed by atoms with Crippen LogP contribution < -0.4 is 25.4 Å². The Morgan fingerprint density at radius 3 is 2.56 bits per heavy atom. The molecule has 3 aromatic rings. The minimum atomic E-state index is -0.930. The lowest BCUT2D eigenvalue weighted by Crippen LogP contribution is -2.59. The maximum Gasteiger partial charge on any atom is 0.252 e. The molecule has 11 heteroatoms. The van der Waals surface area contributed by atoms with Gasteiger partial charge in [0.25, 0.3) is 5.91 Å². The molecule has 43 heavy (non-hydrogen) atoms. The summed E-state index contributed by atoms with van der Waals surface area (Å²) in [5.74, 6) is 0.671. The first-order valence-electron chi connectivity index (χ1n) is 15.1. The Morgan fingerprint density at radius 2 is 1.86 bits per heavy atom. The predicted molar refractivity (Wildman–Crippen MR) is 163 cm³/mol. The van der Waals surface area contributed by atoms with Crippen molar-refractivity contribution in [2.75, 3.05) is 44.7 Å². The third-order valence-electron chi connectivity index (χ3n) is 8.95. The molecule has 0 atom stereocenters. The first kappa shape index (κ1) is 29.3. The van der Waals surface area contributed by atoms with Gasteiger partial charge in [-0.15, -0.1) is 0 Å². The van der Waals surface area contributed by atoms with E-state index in [1.54, 1.807) is 36.8 Å². The summed E-state index contributed by atoms with van der Waals surface area (Å²) in [6, 6.07) is 9.56. The van der Waals surface area contributed by atoms with E-state index in [1.807, 2.05) is 24.3 Å². The number of aliphatic hydroxyl groups is 1. The number of piperazine rings is 1. The van der Waals surface area contributed by atoms with Gasteiger partial charge in [-0.2, -0.15) is 5.10 Å². The highest BCUT2D eigenvalue weighted by atomic mass is 16.5. The van der Waals surface area contributed by atoms with Crippen molar-refractivity contribution in [3.05, 3.63) is 53.9 Å². The van der Waals surface area contributed by atoms with Gasteiger partial charge in [0.05, 0.1) is 41.6 Å². The maximum absolute atomic E-state index is 12.9. The van der Waals surface area contributed by atoms with E-state index in [0.29, 0.717) is 17.1 Å². The van der Waals surface area contributed by atoms with Crippen LogP contribution in [0.25, 0.3) is 5.52 Å². The number of aromatic nitrogens is 2. The number of anilines is 1. The van der Waals surface area contributed by atoms with Gasteiger partial charge in [-0.05, 0) is 76.3 Å². The van der Waals surface area contributed by atoms with Crippen LogP contribution in [-0.2, 0) is 11.2 Å². The van der Waals surface area contributed by atoms with Crippen molar-refractivity contribution in [3.63, 3.8) is 0 Å². The number of nitrogens with two attached hydrogens (primary N) is 1. The zero-order chi connectivity index (χ0) is 30.4. The zero-order valence-corrected chi connectivity index (χ0v) is 25.2. The Labute approximate surface area is 251 Å². The van der Waals surface area contributed by atoms with Crippen LogP contribution in [0.4, 0.5) is 5.69 Å². The lowest BCUT2D eigenvalue weighted by Gasteiger charge is -2.57. The number of primary amides is 1. The average Bonchev–Trinajstić information content (AvgIpc) is 3.31. The second kappa shape index (κ2) is 11.3. The van der Waals surface area contributed by atoms with E-state index in [0.717, 1.165) is 68.6 Å². The van der Waals surface area contributed by atoms with Crippen molar-refractivity contribution in [3.8, 4) is 11.5 Å². The maximum atomic E-state index is 12.9. The molecule has 6 rings (SSSR count). The summed E-state index contributed by atoms with van der Waals surface area (Å²) >= 11 is 0. The molecule has 3 heterocycles. The molecular formula is C32H42N6O5. The third-order valence-corrected chi connectivity index (χ3v) is 8.95. The van der Waals surface area contributed by atoms with Crippen molar-refractivity contribution in [1.82, 2.24) is 19.8 Å². The van der Waals surface area contributed by atoms with Crippen LogP contribution in [0.5, 0.6) is 11.5 Å². The van der Waals surface area contributed by atoms with Crippen LogP contribution in [0, 0.1) is 5.41 Å². The van der Waals surface area contributed by atoms with Crippen molar-refractivity contribution in [2.24, 2.45) is 11.1 Å². The quantitative estimate of drug-likeness (QED) is 0.328. The standard InChI is InChI=1S/C32H42N6O5/c1-31(2,41)20-42-24-5-7-27-21(18-34-38(27)19-24)12-29(39)35-22-14-32(15-22)16-25(17-32)43-28-13-23(4-6-26(28)30(33)40)37-10-8-36(3)9-11-37/h4-7,13,18-19,22,25,41H,8-12,14-17,20H2,1-3H3,(H2,33,40)(H,35,39). The second-order valence-electron chi connectivity index (χ2n) is 13.3. The number of pyridine rings is 1. The zero-order valence-electron chi connectivity index (χ0n) is 25.2. The van der Waals surface area contributed by atoms with Gasteiger partial charge in [-0.25, -0.2) is 4.52 Å². The van der Waals surface area contributed by atoms with E-state index in [4.69, 9.17) is 15.2 Å². The first-order chi connectivity index (χ1) is 20.5. The van der Waals surface area contributed by atoms with Gasteiger partial charge < -0.3 is 35.4 Å². The number of likely N-dealkylation sites (N-methyl/N-ethyl adjacent to an activating group) is 1. The Bertz CT molecular complexity index is 1490. The molecule has 1 aliphatic heterocycles. The summed E-state index contributed by atoms with van der Waals surface area (Å²) in [4.78, 5) is 29.6. The SMILES string of the molecule is CN1CCN(c2ccc(C(N)=O)c(OC3CC4(CC(NC(=O)Cc5cnn6cc(OCC(C)(C)O)ccc56)C4)C3)c2)CC1. The highest BCUT2D eigenvalue weighted by molar-refractivity contribution is 5.96. The van der Waals surface area contributed by atoms with E-state index >= 15 is 0 Å². The highest BCUT2D eigenvalue weighted by Gasteiger charge is 2.54. The number of fused-ring (bicyclic) bond motifs is 1. The van der Waals surface area contributed by atoms with Gasteiger partial charge >= 0.3 is 0 Å². The van der Waals surface area contributed by atoms with Gasteiger partial charge in [0.15, 0.2) is 0 Å². The van der Waals surface area contributed by atoms with Crippen molar-refractivity contribution in [2.45, 2.75) is 63.7 Å². The lowest BCUT2D eigenvalue weighted by molar-refractivity contribution is -0.126. The predicted octanol–water partition coefficient (Wildman–Crippen LogP) is 2.38. The van der Waals surface area contributed by atoms with Crippen molar-refractivity contribution < 1.29 is 24.2 Å². The molecule has 3 aliphatic rings. The number of hydrogen-bond acceptors (Lipinski definition) is 8. The number of benzene rings is 1. The summed E-state index contributed by atoms with van der Waals surface area (Å²) in [6.45, 7) is 7.41. The largest absolute Gasteiger partial charge is 0.489 e. The average molecular weight is 591 g/mol. The molecule has 230 valence electrons. The normalized spacial score (nSPS) is 24.0. The number of carbonyl (C=O) groups excluding carboxylic acids is 2. The third kappa shape index (κ3) is 6.57. The van der Waals surface area contributed by atoms with Crippen LogP contribution in [0.1, 0.15) is 55.5 Å².